The number of nitrogens with zero attached hydrogens (tertiary/aromatic N) is 1. The Morgan fingerprint density at radius 1 is 1.43 bits per heavy atom. The molecule has 1 fully saturated rings. The Morgan fingerprint density at radius 3 is 2.67 bits per heavy atom. The van der Waals surface area contributed by atoms with Crippen molar-refractivity contribution < 1.29 is 14.6 Å². The minimum absolute atomic E-state index is 0.125. The SMILES string of the molecule is CNC(CN1CC(C)OCC1C)(C(=O)O)c1ccccc1. The number of morpholine rings is 1. The zero-order valence-corrected chi connectivity index (χ0v) is 12.9. The highest BCUT2D eigenvalue weighted by molar-refractivity contribution is 5.81. The summed E-state index contributed by atoms with van der Waals surface area (Å²) in [4.78, 5) is 14.2. The van der Waals surface area contributed by atoms with E-state index in [0.717, 1.165) is 12.1 Å². The number of nitrogens with one attached hydrogen (secondary N) is 1. The zero-order chi connectivity index (χ0) is 15.5. The first-order chi connectivity index (χ1) is 9.99. The first kappa shape index (κ1) is 15.9. The van der Waals surface area contributed by atoms with Gasteiger partial charge in [0.15, 0.2) is 5.54 Å². The number of carbonyl (C=O) groups is 1. The van der Waals surface area contributed by atoms with E-state index in [-0.39, 0.29) is 12.1 Å². The van der Waals surface area contributed by atoms with Gasteiger partial charge < -0.3 is 15.2 Å². The number of carboxylic acid groups (broad SMARTS) is 1. The molecule has 1 aromatic rings. The fraction of sp³-hybridized carbons (Fsp3) is 0.562. The summed E-state index contributed by atoms with van der Waals surface area (Å²) in [5.41, 5.74) is -0.335. The molecule has 2 rings (SSSR count). The van der Waals surface area contributed by atoms with Gasteiger partial charge in [-0.05, 0) is 26.5 Å². The van der Waals surface area contributed by atoms with Crippen molar-refractivity contribution >= 4 is 5.97 Å². The molecular weight excluding hydrogens is 268 g/mol. The van der Waals surface area contributed by atoms with Crippen LogP contribution in [0.15, 0.2) is 30.3 Å². The first-order valence-electron chi connectivity index (χ1n) is 7.33. The molecule has 1 aliphatic rings. The van der Waals surface area contributed by atoms with Crippen molar-refractivity contribution in [1.82, 2.24) is 10.2 Å². The lowest BCUT2D eigenvalue weighted by Crippen LogP contribution is -2.59. The van der Waals surface area contributed by atoms with Crippen LogP contribution in [0.5, 0.6) is 0 Å². The van der Waals surface area contributed by atoms with Crippen LogP contribution in [0.2, 0.25) is 0 Å². The van der Waals surface area contributed by atoms with Crippen molar-refractivity contribution in [3.63, 3.8) is 0 Å². The van der Waals surface area contributed by atoms with E-state index in [4.69, 9.17) is 4.74 Å². The molecule has 0 saturated carbocycles. The highest BCUT2D eigenvalue weighted by Crippen LogP contribution is 2.25. The lowest BCUT2D eigenvalue weighted by atomic mass is 9.88. The molecule has 5 nitrogen and oxygen atoms in total. The Labute approximate surface area is 125 Å². The first-order valence-corrected chi connectivity index (χ1v) is 7.33. The lowest BCUT2D eigenvalue weighted by Gasteiger charge is -2.42. The summed E-state index contributed by atoms with van der Waals surface area (Å²) in [6.07, 6.45) is 0.125. The maximum Gasteiger partial charge on any atom is 0.329 e. The summed E-state index contributed by atoms with van der Waals surface area (Å²) in [7, 11) is 1.70. The van der Waals surface area contributed by atoms with Gasteiger partial charge in [0.25, 0.3) is 0 Å². The van der Waals surface area contributed by atoms with Crippen LogP contribution in [-0.2, 0) is 15.1 Å². The average molecular weight is 292 g/mol. The van der Waals surface area contributed by atoms with Gasteiger partial charge in [-0.2, -0.15) is 0 Å². The van der Waals surface area contributed by atoms with E-state index < -0.39 is 11.5 Å². The summed E-state index contributed by atoms with van der Waals surface area (Å²) in [5.74, 6) is -0.859. The predicted molar refractivity (Wildman–Crippen MR) is 81.3 cm³/mol. The monoisotopic (exact) mass is 292 g/mol. The number of hydrogen-bond donors (Lipinski definition) is 2. The quantitative estimate of drug-likeness (QED) is 0.856. The van der Waals surface area contributed by atoms with Crippen LogP contribution < -0.4 is 5.32 Å². The summed E-state index contributed by atoms with van der Waals surface area (Å²) < 4.78 is 5.63. The van der Waals surface area contributed by atoms with Crippen molar-refractivity contribution in [1.29, 1.82) is 0 Å². The van der Waals surface area contributed by atoms with Crippen molar-refractivity contribution in [3.8, 4) is 0 Å². The Bertz CT molecular complexity index is 480. The van der Waals surface area contributed by atoms with Gasteiger partial charge in [0.1, 0.15) is 0 Å². The Hall–Kier alpha value is -1.43. The molecule has 1 aromatic carbocycles. The van der Waals surface area contributed by atoms with Crippen molar-refractivity contribution in [2.24, 2.45) is 0 Å². The largest absolute Gasteiger partial charge is 0.480 e. The summed E-state index contributed by atoms with van der Waals surface area (Å²) >= 11 is 0. The van der Waals surface area contributed by atoms with Crippen LogP contribution >= 0.6 is 0 Å². The minimum Gasteiger partial charge on any atom is -0.480 e. The number of carboxylic acids is 1. The summed E-state index contributed by atoms with van der Waals surface area (Å²) in [5, 5.41) is 12.9. The number of benzene rings is 1. The Kier molecular flexibility index (Phi) is 4.98. The molecular formula is C16H24N2O3. The summed E-state index contributed by atoms with van der Waals surface area (Å²) in [6.45, 7) is 5.88. The normalized spacial score (nSPS) is 26.2. The maximum absolute atomic E-state index is 12.0. The smallest absolute Gasteiger partial charge is 0.329 e. The van der Waals surface area contributed by atoms with Crippen molar-refractivity contribution in [2.45, 2.75) is 31.5 Å². The molecule has 2 N–H and O–H groups in total. The maximum atomic E-state index is 12.0. The highest BCUT2D eigenvalue weighted by Gasteiger charge is 2.42. The molecule has 0 bridgehead atoms. The molecule has 5 heteroatoms. The van der Waals surface area contributed by atoms with Crippen LogP contribution in [0.25, 0.3) is 0 Å². The third-order valence-corrected chi connectivity index (χ3v) is 4.24. The van der Waals surface area contributed by atoms with Crippen LogP contribution in [0.4, 0.5) is 0 Å². The molecule has 0 aromatic heterocycles. The second kappa shape index (κ2) is 6.56. The van der Waals surface area contributed by atoms with Gasteiger partial charge >= 0.3 is 5.97 Å². The van der Waals surface area contributed by atoms with Gasteiger partial charge in [-0.25, -0.2) is 4.79 Å². The molecule has 3 atom stereocenters. The van der Waals surface area contributed by atoms with E-state index in [9.17, 15) is 9.90 Å². The molecule has 21 heavy (non-hydrogen) atoms. The van der Waals surface area contributed by atoms with Gasteiger partial charge in [-0.1, -0.05) is 30.3 Å². The van der Waals surface area contributed by atoms with E-state index in [1.54, 1.807) is 7.05 Å². The van der Waals surface area contributed by atoms with Crippen LogP contribution in [0.1, 0.15) is 19.4 Å². The van der Waals surface area contributed by atoms with Gasteiger partial charge in [0.05, 0.1) is 12.7 Å². The molecule has 0 spiro atoms. The molecule has 1 aliphatic heterocycles. The van der Waals surface area contributed by atoms with Crippen molar-refractivity contribution in [2.75, 3.05) is 26.7 Å². The molecule has 0 radical (unpaired) electrons. The van der Waals surface area contributed by atoms with E-state index in [0.29, 0.717) is 13.2 Å². The third kappa shape index (κ3) is 3.26. The molecule has 1 saturated heterocycles. The molecule has 116 valence electrons. The van der Waals surface area contributed by atoms with Crippen LogP contribution in [0.3, 0.4) is 0 Å². The molecule has 0 aliphatic carbocycles. The fourth-order valence-corrected chi connectivity index (χ4v) is 2.83. The van der Waals surface area contributed by atoms with E-state index >= 15 is 0 Å². The average Bonchev–Trinajstić information content (AvgIpc) is 2.49. The van der Waals surface area contributed by atoms with E-state index in [1.807, 2.05) is 37.3 Å². The number of likely N-dealkylation sites (N-methyl/N-ethyl adjacent to an activating group) is 1. The zero-order valence-electron chi connectivity index (χ0n) is 12.9. The second-order valence-electron chi connectivity index (χ2n) is 5.75. The standard InChI is InChI=1S/C16H24N2O3/c1-12-10-21-13(2)9-18(12)11-16(17-3,15(19)20)14-7-5-4-6-8-14/h4-8,12-13,17H,9-11H2,1-3H3,(H,19,20). The van der Waals surface area contributed by atoms with E-state index in [2.05, 4.69) is 17.1 Å². The van der Waals surface area contributed by atoms with Gasteiger partial charge in [-0.15, -0.1) is 0 Å². The van der Waals surface area contributed by atoms with Crippen molar-refractivity contribution in [3.05, 3.63) is 35.9 Å². The Balaban J connectivity index is 2.30. The number of aliphatic carboxylic acids is 1. The third-order valence-electron chi connectivity index (χ3n) is 4.24. The van der Waals surface area contributed by atoms with E-state index in [1.165, 1.54) is 0 Å². The summed E-state index contributed by atoms with van der Waals surface area (Å²) in [6, 6.07) is 9.56. The molecule has 0 amide bonds. The topological polar surface area (TPSA) is 61.8 Å². The fourth-order valence-electron chi connectivity index (χ4n) is 2.83. The highest BCUT2D eigenvalue weighted by atomic mass is 16.5. The van der Waals surface area contributed by atoms with Crippen LogP contribution in [0, 0.1) is 0 Å². The van der Waals surface area contributed by atoms with Gasteiger partial charge in [-0.3, -0.25) is 4.90 Å². The molecule has 3 unspecified atom stereocenters. The predicted octanol–water partition coefficient (Wildman–Crippen LogP) is 1.30. The van der Waals surface area contributed by atoms with Gasteiger partial charge in [0.2, 0.25) is 0 Å². The number of ether oxygens (including phenoxy) is 1. The lowest BCUT2D eigenvalue weighted by molar-refractivity contribution is -0.148. The minimum atomic E-state index is -1.10. The second-order valence-corrected chi connectivity index (χ2v) is 5.75. The van der Waals surface area contributed by atoms with Gasteiger partial charge in [0, 0.05) is 19.1 Å². The number of rotatable bonds is 5. The number of hydrogen-bond acceptors (Lipinski definition) is 4. The van der Waals surface area contributed by atoms with Crippen LogP contribution in [-0.4, -0.2) is 54.9 Å². The molecule has 1 heterocycles. The Morgan fingerprint density at radius 2 is 2.10 bits per heavy atom.